The van der Waals surface area contributed by atoms with Gasteiger partial charge in [0.2, 0.25) is 5.95 Å². The summed E-state index contributed by atoms with van der Waals surface area (Å²) in [6.07, 6.45) is 1.95. The van der Waals surface area contributed by atoms with E-state index in [4.69, 9.17) is 4.74 Å². The first-order valence-electron chi connectivity index (χ1n) is 5.05. The molecule has 1 heterocycles. The Morgan fingerprint density at radius 3 is 2.94 bits per heavy atom. The van der Waals surface area contributed by atoms with Gasteiger partial charge in [0.1, 0.15) is 0 Å². The maximum atomic E-state index is 12.5. The van der Waals surface area contributed by atoms with Crippen LogP contribution in [0.4, 0.5) is 4.39 Å². The maximum absolute atomic E-state index is 12.5. The molecule has 0 aliphatic carbocycles. The Morgan fingerprint density at radius 1 is 1.62 bits per heavy atom. The minimum Gasteiger partial charge on any atom is -0.385 e. The Balaban J connectivity index is 2.48. The van der Waals surface area contributed by atoms with Gasteiger partial charge in [-0.05, 0) is 25.5 Å². The van der Waals surface area contributed by atoms with E-state index in [1.54, 1.807) is 7.11 Å². The van der Waals surface area contributed by atoms with Crippen LogP contribution in [0.15, 0.2) is 18.3 Å². The number of methoxy groups -OCH3 is 1. The zero-order valence-electron chi connectivity index (χ0n) is 9.37. The van der Waals surface area contributed by atoms with Crippen molar-refractivity contribution in [2.45, 2.75) is 19.4 Å². The average Bonchev–Trinajstić information content (AvgIpc) is 2.27. The van der Waals surface area contributed by atoms with E-state index in [2.05, 4.69) is 10.3 Å². The van der Waals surface area contributed by atoms with E-state index >= 15 is 0 Å². The standard InChI is InChI=1S/C11H15FN2O2/c1-8(5-6-16-2)14-11(15)9-3-4-10(12)13-7-9/h3-4,7-8H,5-6H2,1-2H3,(H,14,15). The van der Waals surface area contributed by atoms with Gasteiger partial charge in [-0.3, -0.25) is 4.79 Å². The molecule has 0 saturated heterocycles. The number of halogens is 1. The molecule has 0 saturated carbocycles. The van der Waals surface area contributed by atoms with Crippen molar-refractivity contribution >= 4 is 5.91 Å². The molecule has 1 amide bonds. The molecule has 1 atom stereocenters. The Hall–Kier alpha value is -1.49. The Kier molecular flexibility index (Phi) is 4.85. The molecular formula is C11H15FN2O2. The molecule has 1 aromatic rings. The molecule has 5 heteroatoms. The van der Waals surface area contributed by atoms with Crippen LogP contribution >= 0.6 is 0 Å². The van der Waals surface area contributed by atoms with Crippen LogP contribution in [-0.2, 0) is 4.74 Å². The molecule has 0 fully saturated rings. The maximum Gasteiger partial charge on any atom is 0.253 e. The lowest BCUT2D eigenvalue weighted by Gasteiger charge is -2.12. The summed E-state index contributed by atoms with van der Waals surface area (Å²) >= 11 is 0. The van der Waals surface area contributed by atoms with Gasteiger partial charge in [-0.25, -0.2) is 4.98 Å². The molecular weight excluding hydrogens is 211 g/mol. The van der Waals surface area contributed by atoms with E-state index in [1.165, 1.54) is 12.3 Å². The van der Waals surface area contributed by atoms with E-state index in [0.717, 1.165) is 12.5 Å². The third-order valence-corrected chi connectivity index (χ3v) is 2.12. The van der Waals surface area contributed by atoms with Crippen LogP contribution in [0.5, 0.6) is 0 Å². The van der Waals surface area contributed by atoms with Gasteiger partial charge in [-0.2, -0.15) is 4.39 Å². The molecule has 16 heavy (non-hydrogen) atoms. The average molecular weight is 226 g/mol. The second-order valence-electron chi connectivity index (χ2n) is 3.53. The van der Waals surface area contributed by atoms with Crippen molar-refractivity contribution in [3.63, 3.8) is 0 Å². The summed E-state index contributed by atoms with van der Waals surface area (Å²) in [5.41, 5.74) is 0.352. The minimum atomic E-state index is -0.594. The third-order valence-electron chi connectivity index (χ3n) is 2.12. The van der Waals surface area contributed by atoms with Gasteiger partial charge < -0.3 is 10.1 Å². The van der Waals surface area contributed by atoms with E-state index < -0.39 is 5.95 Å². The molecule has 1 aromatic heterocycles. The molecule has 1 unspecified atom stereocenters. The zero-order valence-corrected chi connectivity index (χ0v) is 9.37. The van der Waals surface area contributed by atoms with Crippen molar-refractivity contribution < 1.29 is 13.9 Å². The van der Waals surface area contributed by atoms with Crippen molar-refractivity contribution in [3.05, 3.63) is 29.8 Å². The second kappa shape index (κ2) is 6.17. The van der Waals surface area contributed by atoms with Crippen LogP contribution < -0.4 is 5.32 Å². The highest BCUT2D eigenvalue weighted by molar-refractivity contribution is 5.93. The largest absolute Gasteiger partial charge is 0.385 e. The summed E-state index contributed by atoms with van der Waals surface area (Å²) in [6.45, 7) is 2.47. The summed E-state index contributed by atoms with van der Waals surface area (Å²) < 4.78 is 17.4. The molecule has 0 aliphatic rings. The number of hydrogen-bond acceptors (Lipinski definition) is 3. The molecule has 88 valence electrons. The monoisotopic (exact) mass is 226 g/mol. The number of carbonyl (C=O) groups excluding carboxylic acids is 1. The van der Waals surface area contributed by atoms with E-state index in [0.29, 0.717) is 12.2 Å². The van der Waals surface area contributed by atoms with Crippen LogP contribution in [0.3, 0.4) is 0 Å². The van der Waals surface area contributed by atoms with E-state index in [9.17, 15) is 9.18 Å². The van der Waals surface area contributed by atoms with Gasteiger partial charge >= 0.3 is 0 Å². The molecule has 0 bridgehead atoms. The highest BCUT2D eigenvalue weighted by atomic mass is 19.1. The van der Waals surface area contributed by atoms with E-state index in [1.807, 2.05) is 6.92 Å². The van der Waals surface area contributed by atoms with E-state index in [-0.39, 0.29) is 11.9 Å². The molecule has 1 rings (SSSR count). The summed E-state index contributed by atoms with van der Waals surface area (Å²) in [5, 5.41) is 2.77. The topological polar surface area (TPSA) is 51.2 Å². The zero-order chi connectivity index (χ0) is 12.0. The summed E-state index contributed by atoms with van der Waals surface area (Å²) in [4.78, 5) is 15.0. The number of ether oxygens (including phenoxy) is 1. The number of carbonyl (C=O) groups is 1. The van der Waals surface area contributed by atoms with Gasteiger partial charge in [0, 0.05) is 26.0 Å². The van der Waals surface area contributed by atoms with Gasteiger partial charge in [0.25, 0.3) is 5.91 Å². The lowest BCUT2D eigenvalue weighted by Crippen LogP contribution is -2.33. The minimum absolute atomic E-state index is 0.0116. The predicted molar refractivity (Wildman–Crippen MR) is 57.6 cm³/mol. The van der Waals surface area contributed by atoms with Crippen LogP contribution in [0.1, 0.15) is 23.7 Å². The number of amides is 1. The normalized spacial score (nSPS) is 12.2. The highest BCUT2D eigenvalue weighted by Crippen LogP contribution is 2.00. The molecule has 1 N–H and O–H groups in total. The van der Waals surface area contributed by atoms with Crippen molar-refractivity contribution in [1.29, 1.82) is 0 Å². The SMILES string of the molecule is COCCC(C)NC(=O)c1ccc(F)nc1. The van der Waals surface area contributed by atoms with Crippen LogP contribution in [0.2, 0.25) is 0 Å². The number of nitrogens with zero attached hydrogens (tertiary/aromatic N) is 1. The van der Waals surface area contributed by atoms with Gasteiger partial charge in [0.15, 0.2) is 0 Å². The fourth-order valence-electron chi connectivity index (χ4n) is 1.18. The van der Waals surface area contributed by atoms with Crippen molar-refractivity contribution in [1.82, 2.24) is 10.3 Å². The highest BCUT2D eigenvalue weighted by Gasteiger charge is 2.09. The smallest absolute Gasteiger partial charge is 0.253 e. The molecule has 4 nitrogen and oxygen atoms in total. The first-order chi connectivity index (χ1) is 7.63. The Labute approximate surface area is 93.8 Å². The first-order valence-corrected chi connectivity index (χ1v) is 5.05. The van der Waals surface area contributed by atoms with Crippen LogP contribution in [0, 0.1) is 5.95 Å². The summed E-state index contributed by atoms with van der Waals surface area (Å²) in [7, 11) is 1.61. The Bertz CT molecular complexity index is 340. The van der Waals surface area contributed by atoms with Gasteiger partial charge in [-0.1, -0.05) is 0 Å². The molecule has 0 radical (unpaired) electrons. The van der Waals surface area contributed by atoms with Crippen molar-refractivity contribution in [2.75, 3.05) is 13.7 Å². The number of rotatable bonds is 5. The fourth-order valence-corrected chi connectivity index (χ4v) is 1.18. The molecule has 0 spiro atoms. The fraction of sp³-hybridized carbons (Fsp3) is 0.455. The van der Waals surface area contributed by atoms with Crippen LogP contribution in [0.25, 0.3) is 0 Å². The lowest BCUT2D eigenvalue weighted by atomic mass is 10.2. The van der Waals surface area contributed by atoms with Gasteiger partial charge in [0.05, 0.1) is 5.56 Å². The summed E-state index contributed by atoms with van der Waals surface area (Å²) in [5.74, 6) is -0.847. The quantitative estimate of drug-likeness (QED) is 0.771. The number of nitrogens with one attached hydrogen (secondary N) is 1. The summed E-state index contributed by atoms with van der Waals surface area (Å²) in [6, 6.07) is 2.58. The number of aromatic nitrogens is 1. The lowest BCUT2D eigenvalue weighted by molar-refractivity contribution is 0.0929. The molecule has 0 aliphatic heterocycles. The van der Waals surface area contributed by atoms with Crippen LogP contribution in [-0.4, -0.2) is 30.6 Å². The third kappa shape index (κ3) is 3.94. The number of hydrogen-bond donors (Lipinski definition) is 1. The second-order valence-corrected chi connectivity index (χ2v) is 3.53. The Morgan fingerprint density at radius 2 is 2.38 bits per heavy atom. The molecule has 0 aromatic carbocycles. The van der Waals surface area contributed by atoms with Gasteiger partial charge in [-0.15, -0.1) is 0 Å². The van der Waals surface area contributed by atoms with Crippen molar-refractivity contribution in [3.8, 4) is 0 Å². The first kappa shape index (κ1) is 12.6. The number of pyridine rings is 1. The van der Waals surface area contributed by atoms with Crippen molar-refractivity contribution in [2.24, 2.45) is 0 Å². The predicted octanol–water partition coefficient (Wildman–Crippen LogP) is 1.38.